The number of alkyl halides is 1. The van der Waals surface area contributed by atoms with Gasteiger partial charge in [-0.2, -0.15) is 11.8 Å². The van der Waals surface area contributed by atoms with Gasteiger partial charge in [0.2, 0.25) is 0 Å². The fourth-order valence-corrected chi connectivity index (χ4v) is 7.89. The Kier molecular flexibility index (Phi) is 7.68. The number of Topliss-reactive ketones (excluding diaryl/α,β-unsaturated/α-hetero) is 2. The van der Waals surface area contributed by atoms with Gasteiger partial charge < -0.3 is 31.3 Å². The number of thioether (sulfide) groups is 1. The van der Waals surface area contributed by atoms with Gasteiger partial charge in [0.05, 0.1) is 23.6 Å². The highest BCUT2D eigenvalue weighted by atomic mass is 35.5. The summed E-state index contributed by atoms with van der Waals surface area (Å²) in [5, 5.41) is 56.8. The summed E-state index contributed by atoms with van der Waals surface area (Å²) in [5.41, 5.74) is 2.19. The molecule has 0 spiro atoms. The number of aliphatic hydroxyl groups excluding tert-OH is 3. The molecule has 0 aliphatic heterocycles. The van der Waals surface area contributed by atoms with E-state index in [0.29, 0.717) is 22.9 Å². The summed E-state index contributed by atoms with van der Waals surface area (Å²) in [7, 11) is 2.99. The Morgan fingerprint density at radius 2 is 1.86 bits per heavy atom. The smallest absolute Gasteiger partial charge is 0.255 e. The predicted molar refractivity (Wildman–Crippen MR) is 137 cm³/mol. The molecule has 12 heteroatoms. The van der Waals surface area contributed by atoms with E-state index >= 15 is 0 Å². The van der Waals surface area contributed by atoms with Gasteiger partial charge >= 0.3 is 0 Å². The summed E-state index contributed by atoms with van der Waals surface area (Å²) in [6.07, 6.45) is -2.87. The summed E-state index contributed by atoms with van der Waals surface area (Å²) >= 11 is 7.33. The number of halogens is 1. The summed E-state index contributed by atoms with van der Waals surface area (Å²) in [4.78, 5) is 40.5. The quantitative estimate of drug-likeness (QED) is 0.154. The van der Waals surface area contributed by atoms with Gasteiger partial charge in [-0.05, 0) is 43.8 Å². The number of hydrogen-bond donors (Lipinski definition) is 6. The molecule has 1 aromatic rings. The number of amides is 1. The molecule has 1 fully saturated rings. The van der Waals surface area contributed by atoms with Crippen molar-refractivity contribution in [3.8, 4) is 5.75 Å². The number of nitrogens with zero attached hydrogens (tertiary/aromatic N) is 1. The van der Waals surface area contributed by atoms with E-state index in [2.05, 4.69) is 0 Å². The lowest BCUT2D eigenvalue weighted by molar-refractivity contribution is -0.221. The van der Waals surface area contributed by atoms with E-state index in [9.17, 15) is 39.9 Å². The van der Waals surface area contributed by atoms with Crippen molar-refractivity contribution in [2.75, 3.05) is 31.5 Å². The minimum atomic E-state index is -2.73. The molecule has 10 nitrogen and oxygen atoms in total. The lowest BCUT2D eigenvalue weighted by atomic mass is 9.50. The maximum Gasteiger partial charge on any atom is 0.255 e. The van der Waals surface area contributed by atoms with Crippen LogP contribution in [0.3, 0.4) is 0 Å². The number of rotatable bonds is 7. The molecule has 202 valence electrons. The van der Waals surface area contributed by atoms with Crippen LogP contribution >= 0.6 is 23.4 Å². The Morgan fingerprint density at radius 1 is 1.19 bits per heavy atom. The summed E-state index contributed by atoms with van der Waals surface area (Å²) < 4.78 is 0. The van der Waals surface area contributed by atoms with E-state index < -0.39 is 76.3 Å². The molecule has 3 aliphatic carbocycles. The van der Waals surface area contributed by atoms with Crippen molar-refractivity contribution in [2.45, 2.75) is 36.2 Å². The first-order valence-corrected chi connectivity index (χ1v) is 13.6. The Hall–Kier alpha value is -2.15. The third-order valence-electron chi connectivity index (χ3n) is 7.96. The third kappa shape index (κ3) is 4.07. The van der Waals surface area contributed by atoms with Crippen molar-refractivity contribution in [3.63, 3.8) is 0 Å². The molecule has 7 N–H and O–H groups in total. The number of carbonyl (C=O) groups is 3. The van der Waals surface area contributed by atoms with Crippen LogP contribution in [0, 0.1) is 17.8 Å². The highest BCUT2D eigenvalue weighted by molar-refractivity contribution is 7.99. The van der Waals surface area contributed by atoms with Gasteiger partial charge in [0.15, 0.2) is 17.2 Å². The SMILES string of the molecule is CN(C)[C@@H]1C(=O)C(C(N)=O)=C(O)[C@@]2(O)C(O)C3C(=O)c4c(O)cccc4C(CSCCCCl)C3C(O)C12. The molecule has 0 aromatic heterocycles. The maximum atomic E-state index is 13.7. The third-order valence-corrected chi connectivity index (χ3v) is 9.40. The van der Waals surface area contributed by atoms with Gasteiger partial charge in [-0.1, -0.05) is 12.1 Å². The molecule has 37 heavy (non-hydrogen) atoms. The number of benzene rings is 1. The molecule has 1 aromatic carbocycles. The molecular weight excluding hydrogens is 524 g/mol. The van der Waals surface area contributed by atoms with Crippen LogP contribution in [0.2, 0.25) is 0 Å². The normalized spacial score (nSPS) is 35.3. The highest BCUT2D eigenvalue weighted by Gasteiger charge is 2.70. The monoisotopic (exact) mass is 554 g/mol. The Balaban J connectivity index is 1.93. The van der Waals surface area contributed by atoms with Gasteiger partial charge in [-0.3, -0.25) is 19.3 Å². The molecule has 1 saturated carbocycles. The first kappa shape index (κ1) is 27.9. The molecule has 3 aliphatic rings. The van der Waals surface area contributed by atoms with Crippen molar-refractivity contribution in [2.24, 2.45) is 23.5 Å². The number of fused-ring (bicyclic) bond motifs is 3. The van der Waals surface area contributed by atoms with E-state index in [-0.39, 0.29) is 11.3 Å². The lowest BCUT2D eigenvalue weighted by Gasteiger charge is -2.59. The molecular formula is C25H31ClN2O8S. The Bertz CT molecular complexity index is 1160. The standard InChI is InChI=1S/C25H31ClN2O8S/c1-28(2)18-17-20(31)14-11(9-37-8-4-7-26)10-5-3-6-12(29)13(10)19(30)15(14)22(33)25(17,36)23(34)16(21(18)32)24(27)35/h3,5-6,11,14-15,17-18,20,22,29,31,33-34,36H,4,7-9H2,1-2H3,(H2,27,35)/t11?,14?,15?,17?,18-,20?,22?,25-/m0/s1. The van der Waals surface area contributed by atoms with E-state index in [1.165, 1.54) is 36.8 Å². The van der Waals surface area contributed by atoms with Crippen LogP contribution in [-0.4, -0.2) is 103 Å². The second-order valence-electron chi connectivity index (χ2n) is 10.1. The zero-order valence-corrected chi connectivity index (χ0v) is 21.9. The molecule has 0 heterocycles. The van der Waals surface area contributed by atoms with E-state index in [0.717, 1.165) is 6.42 Å². The fourth-order valence-electron chi connectivity index (χ4n) is 6.42. The molecule has 0 radical (unpaired) electrons. The van der Waals surface area contributed by atoms with Gasteiger partial charge in [0.1, 0.15) is 23.2 Å². The predicted octanol–water partition coefficient (Wildman–Crippen LogP) is 0.160. The van der Waals surface area contributed by atoms with Crippen molar-refractivity contribution in [1.82, 2.24) is 4.90 Å². The Labute approximate surface area is 223 Å². The first-order valence-electron chi connectivity index (χ1n) is 11.9. The van der Waals surface area contributed by atoms with Gasteiger partial charge in [0, 0.05) is 23.5 Å². The van der Waals surface area contributed by atoms with Crippen molar-refractivity contribution in [1.29, 1.82) is 0 Å². The second-order valence-corrected chi connectivity index (χ2v) is 11.6. The second kappa shape index (κ2) is 10.2. The number of aliphatic hydroxyl groups is 4. The Morgan fingerprint density at radius 3 is 2.46 bits per heavy atom. The number of phenolic OH excluding ortho intramolecular Hbond substituents is 1. The number of nitrogens with two attached hydrogens (primary N) is 1. The topological polar surface area (TPSA) is 182 Å². The van der Waals surface area contributed by atoms with Gasteiger partial charge in [-0.15, -0.1) is 11.6 Å². The lowest BCUT2D eigenvalue weighted by Crippen LogP contribution is -2.74. The minimum absolute atomic E-state index is 0.0327. The van der Waals surface area contributed by atoms with Crippen molar-refractivity contribution >= 4 is 40.8 Å². The minimum Gasteiger partial charge on any atom is -0.508 e. The number of primary amides is 1. The summed E-state index contributed by atoms with van der Waals surface area (Å²) in [5.74, 6) is -7.33. The summed E-state index contributed by atoms with van der Waals surface area (Å²) in [6, 6.07) is 3.26. The number of aromatic hydroxyl groups is 1. The average Bonchev–Trinajstić information content (AvgIpc) is 2.82. The van der Waals surface area contributed by atoms with Crippen LogP contribution in [0.4, 0.5) is 0 Å². The maximum absolute atomic E-state index is 13.7. The number of carbonyl (C=O) groups excluding carboxylic acids is 3. The molecule has 4 rings (SSSR count). The van der Waals surface area contributed by atoms with Crippen LogP contribution in [0.25, 0.3) is 0 Å². The summed E-state index contributed by atoms with van der Waals surface area (Å²) in [6.45, 7) is 0. The van der Waals surface area contributed by atoms with Crippen LogP contribution in [0.15, 0.2) is 29.5 Å². The molecule has 0 saturated heterocycles. The molecule has 0 bridgehead atoms. The van der Waals surface area contributed by atoms with Gasteiger partial charge in [0.25, 0.3) is 5.91 Å². The number of likely N-dealkylation sites (N-methyl/N-ethyl adjacent to an activating group) is 1. The van der Waals surface area contributed by atoms with Crippen LogP contribution in [0.5, 0.6) is 5.75 Å². The number of ketones is 2. The fraction of sp³-hybridized carbons (Fsp3) is 0.560. The highest BCUT2D eigenvalue weighted by Crippen LogP contribution is 2.57. The van der Waals surface area contributed by atoms with Crippen LogP contribution in [0.1, 0.15) is 28.3 Å². The molecule has 6 unspecified atom stereocenters. The molecule has 1 amide bonds. The van der Waals surface area contributed by atoms with Crippen LogP contribution < -0.4 is 5.73 Å². The van der Waals surface area contributed by atoms with Crippen molar-refractivity contribution in [3.05, 3.63) is 40.7 Å². The number of hydrogen-bond acceptors (Lipinski definition) is 10. The first-order chi connectivity index (χ1) is 17.4. The van der Waals surface area contributed by atoms with E-state index in [4.69, 9.17) is 17.3 Å². The average molecular weight is 555 g/mol. The van der Waals surface area contributed by atoms with Gasteiger partial charge in [-0.25, -0.2) is 0 Å². The van der Waals surface area contributed by atoms with E-state index in [1.807, 2.05) is 0 Å². The largest absolute Gasteiger partial charge is 0.508 e. The van der Waals surface area contributed by atoms with Crippen LogP contribution in [-0.2, 0) is 9.59 Å². The zero-order chi connectivity index (χ0) is 27.4. The molecule has 8 atom stereocenters. The zero-order valence-electron chi connectivity index (χ0n) is 20.4. The van der Waals surface area contributed by atoms with Crippen molar-refractivity contribution < 1.29 is 39.9 Å². The van der Waals surface area contributed by atoms with E-state index in [1.54, 1.807) is 12.1 Å². The number of phenols is 1.